The molecule has 3 rings (SSSR count). The van der Waals surface area contributed by atoms with Crippen LogP contribution >= 0.6 is 0 Å². The highest BCUT2D eigenvalue weighted by Gasteiger charge is 2.22. The summed E-state index contributed by atoms with van der Waals surface area (Å²) in [6, 6.07) is 6.02. The molecule has 2 amide bonds. The van der Waals surface area contributed by atoms with Gasteiger partial charge in [0.1, 0.15) is 5.65 Å². The number of fused-ring (bicyclic) bond motifs is 1. The summed E-state index contributed by atoms with van der Waals surface area (Å²) in [5.41, 5.74) is 2.03. The molecule has 0 aliphatic carbocycles. The molecule has 7 nitrogen and oxygen atoms in total. The second-order valence-electron chi connectivity index (χ2n) is 6.27. The van der Waals surface area contributed by atoms with E-state index >= 15 is 0 Å². The first-order valence-electron chi connectivity index (χ1n) is 8.35. The number of pyridine rings is 1. The van der Waals surface area contributed by atoms with Gasteiger partial charge in [-0.1, -0.05) is 6.07 Å². The number of methoxy groups -OCH3 is 1. The van der Waals surface area contributed by atoms with E-state index < -0.39 is 0 Å². The maximum absolute atomic E-state index is 12.2. The fraction of sp³-hybridized carbons (Fsp3) is 0.529. The van der Waals surface area contributed by atoms with Crippen molar-refractivity contribution in [3.63, 3.8) is 0 Å². The molecule has 0 bridgehead atoms. The Bertz CT molecular complexity index is 645. The van der Waals surface area contributed by atoms with Crippen LogP contribution in [0.3, 0.4) is 0 Å². The second kappa shape index (κ2) is 7.63. The predicted octanol–water partition coefficient (Wildman–Crippen LogP) is 1.20. The van der Waals surface area contributed by atoms with E-state index in [-0.39, 0.29) is 12.1 Å². The molecule has 24 heavy (non-hydrogen) atoms. The number of nitrogens with one attached hydrogen (secondary N) is 1. The third-order valence-corrected chi connectivity index (χ3v) is 4.25. The van der Waals surface area contributed by atoms with Crippen LogP contribution in [0.1, 0.15) is 12.6 Å². The van der Waals surface area contributed by atoms with E-state index in [4.69, 9.17) is 4.74 Å². The highest BCUT2D eigenvalue weighted by atomic mass is 16.5. The van der Waals surface area contributed by atoms with Crippen LogP contribution in [-0.2, 0) is 11.3 Å². The second-order valence-corrected chi connectivity index (χ2v) is 6.27. The van der Waals surface area contributed by atoms with Crippen molar-refractivity contribution in [3.8, 4) is 0 Å². The van der Waals surface area contributed by atoms with Crippen LogP contribution in [0.15, 0.2) is 30.6 Å². The van der Waals surface area contributed by atoms with Gasteiger partial charge in [-0.05, 0) is 19.1 Å². The number of carbonyl (C=O) groups excluding carboxylic acids is 1. The van der Waals surface area contributed by atoms with Gasteiger partial charge < -0.3 is 19.4 Å². The fourth-order valence-corrected chi connectivity index (χ4v) is 3.00. The summed E-state index contributed by atoms with van der Waals surface area (Å²) in [5, 5.41) is 2.96. The van der Waals surface area contributed by atoms with Crippen LogP contribution in [0, 0.1) is 0 Å². The third kappa shape index (κ3) is 4.04. The number of hydrogen-bond acceptors (Lipinski definition) is 4. The van der Waals surface area contributed by atoms with E-state index in [1.165, 1.54) is 0 Å². The first-order valence-corrected chi connectivity index (χ1v) is 8.35. The zero-order valence-electron chi connectivity index (χ0n) is 14.3. The lowest BCUT2D eigenvalue weighted by molar-refractivity contribution is 0.125. The lowest BCUT2D eigenvalue weighted by atomic mass is 10.3. The molecule has 1 aliphatic rings. The molecule has 0 aromatic carbocycles. The van der Waals surface area contributed by atoms with Crippen molar-refractivity contribution in [2.75, 3.05) is 39.9 Å². The molecule has 7 heteroatoms. The van der Waals surface area contributed by atoms with E-state index in [9.17, 15) is 4.79 Å². The molecule has 1 aliphatic heterocycles. The van der Waals surface area contributed by atoms with Crippen molar-refractivity contribution < 1.29 is 9.53 Å². The van der Waals surface area contributed by atoms with Gasteiger partial charge in [0.15, 0.2) is 0 Å². The number of hydrogen-bond donors (Lipinski definition) is 1. The summed E-state index contributed by atoms with van der Waals surface area (Å²) in [5.74, 6) is 0. The molecule has 1 atom stereocenters. The largest absolute Gasteiger partial charge is 0.383 e. The maximum atomic E-state index is 12.2. The minimum atomic E-state index is -0.00747. The molecule has 1 saturated heterocycles. The molecule has 3 heterocycles. The van der Waals surface area contributed by atoms with E-state index in [2.05, 4.69) is 21.4 Å². The van der Waals surface area contributed by atoms with Crippen LogP contribution in [-0.4, -0.2) is 71.2 Å². The molecular formula is C17H25N5O2. The zero-order valence-corrected chi connectivity index (χ0v) is 14.3. The van der Waals surface area contributed by atoms with Crippen molar-refractivity contribution in [1.29, 1.82) is 0 Å². The normalized spacial score (nSPS) is 17.2. The SMILES string of the molecule is COC[C@@H](C)NC(=O)N1CCN(Cc2cn3ccccc3n2)CC1. The van der Waals surface area contributed by atoms with E-state index in [0.717, 1.165) is 44.1 Å². The van der Waals surface area contributed by atoms with Gasteiger partial charge in [0.25, 0.3) is 0 Å². The number of aromatic nitrogens is 2. The van der Waals surface area contributed by atoms with Gasteiger partial charge >= 0.3 is 6.03 Å². The molecule has 0 saturated carbocycles. The first-order chi connectivity index (χ1) is 11.7. The number of carbonyl (C=O) groups is 1. The fourth-order valence-electron chi connectivity index (χ4n) is 3.00. The lowest BCUT2D eigenvalue weighted by Crippen LogP contribution is -2.53. The average molecular weight is 331 g/mol. The van der Waals surface area contributed by atoms with Crippen molar-refractivity contribution in [1.82, 2.24) is 24.5 Å². The van der Waals surface area contributed by atoms with Gasteiger partial charge in [0, 0.05) is 52.2 Å². The smallest absolute Gasteiger partial charge is 0.317 e. The third-order valence-electron chi connectivity index (χ3n) is 4.25. The van der Waals surface area contributed by atoms with Gasteiger partial charge in [-0.15, -0.1) is 0 Å². The zero-order chi connectivity index (χ0) is 16.9. The van der Waals surface area contributed by atoms with Crippen molar-refractivity contribution in [2.24, 2.45) is 0 Å². The van der Waals surface area contributed by atoms with Gasteiger partial charge in [-0.2, -0.15) is 0 Å². The Balaban J connectivity index is 1.49. The molecular weight excluding hydrogens is 306 g/mol. The Kier molecular flexibility index (Phi) is 5.32. The first kappa shape index (κ1) is 16.7. The Hall–Kier alpha value is -2.12. The number of rotatable bonds is 5. The van der Waals surface area contributed by atoms with Crippen LogP contribution in [0.2, 0.25) is 0 Å². The van der Waals surface area contributed by atoms with Crippen molar-refractivity contribution in [3.05, 3.63) is 36.3 Å². The lowest BCUT2D eigenvalue weighted by Gasteiger charge is -2.34. The molecule has 0 unspecified atom stereocenters. The van der Waals surface area contributed by atoms with Crippen molar-refractivity contribution in [2.45, 2.75) is 19.5 Å². The van der Waals surface area contributed by atoms with Gasteiger partial charge in [-0.25, -0.2) is 9.78 Å². The van der Waals surface area contributed by atoms with E-state index in [1.54, 1.807) is 7.11 Å². The number of imidazole rings is 1. The monoisotopic (exact) mass is 331 g/mol. The van der Waals surface area contributed by atoms with Crippen LogP contribution < -0.4 is 5.32 Å². The van der Waals surface area contributed by atoms with Crippen LogP contribution in [0.5, 0.6) is 0 Å². The van der Waals surface area contributed by atoms with Crippen LogP contribution in [0.25, 0.3) is 5.65 Å². The van der Waals surface area contributed by atoms with Gasteiger partial charge in [-0.3, -0.25) is 4.90 Å². The Labute approximate surface area is 142 Å². The quantitative estimate of drug-likeness (QED) is 0.894. The Morgan fingerprint density at radius 2 is 2.12 bits per heavy atom. The summed E-state index contributed by atoms with van der Waals surface area (Å²) in [6.45, 7) is 6.48. The Morgan fingerprint density at radius 1 is 1.33 bits per heavy atom. The molecule has 2 aromatic rings. The van der Waals surface area contributed by atoms with Crippen LogP contribution in [0.4, 0.5) is 4.79 Å². The van der Waals surface area contributed by atoms with Gasteiger partial charge in [0.2, 0.25) is 0 Å². The highest BCUT2D eigenvalue weighted by Crippen LogP contribution is 2.10. The minimum absolute atomic E-state index is 0.00747. The molecule has 0 radical (unpaired) electrons. The summed E-state index contributed by atoms with van der Waals surface area (Å²) in [4.78, 5) is 21.0. The Morgan fingerprint density at radius 3 is 2.83 bits per heavy atom. The molecule has 0 spiro atoms. The predicted molar refractivity (Wildman–Crippen MR) is 91.9 cm³/mol. The van der Waals surface area contributed by atoms with Gasteiger partial charge in [0.05, 0.1) is 18.3 Å². The summed E-state index contributed by atoms with van der Waals surface area (Å²) >= 11 is 0. The average Bonchev–Trinajstić information content (AvgIpc) is 2.97. The summed E-state index contributed by atoms with van der Waals surface area (Å²) in [6.07, 6.45) is 4.08. The van der Waals surface area contributed by atoms with E-state index in [1.807, 2.05) is 40.6 Å². The topological polar surface area (TPSA) is 62.1 Å². The number of amides is 2. The standard InChI is InChI=1S/C17H25N5O2/c1-14(13-24-2)18-17(23)21-9-7-20(8-10-21)11-15-12-22-6-4-3-5-16(22)19-15/h3-6,12,14H,7-11,13H2,1-2H3,(H,18,23)/t14-/m1/s1. The summed E-state index contributed by atoms with van der Waals surface area (Å²) in [7, 11) is 1.64. The van der Waals surface area contributed by atoms with Crippen molar-refractivity contribution >= 4 is 11.7 Å². The maximum Gasteiger partial charge on any atom is 0.317 e. The molecule has 130 valence electrons. The van der Waals surface area contributed by atoms with E-state index in [0.29, 0.717) is 6.61 Å². The highest BCUT2D eigenvalue weighted by molar-refractivity contribution is 5.74. The molecule has 2 aromatic heterocycles. The summed E-state index contributed by atoms with van der Waals surface area (Å²) < 4.78 is 7.09. The molecule has 1 N–H and O–H groups in total. The minimum Gasteiger partial charge on any atom is -0.383 e. The number of urea groups is 1. The number of piperazine rings is 1. The molecule has 1 fully saturated rings. The number of ether oxygens (including phenoxy) is 1. The number of nitrogens with zero attached hydrogens (tertiary/aromatic N) is 4.